The first kappa shape index (κ1) is 18.0. The summed E-state index contributed by atoms with van der Waals surface area (Å²) >= 11 is 1.73. The van der Waals surface area contributed by atoms with Gasteiger partial charge >= 0.3 is 0 Å². The van der Waals surface area contributed by atoms with Crippen LogP contribution in [0.15, 0.2) is 48.5 Å². The standard InChI is InChI=1S/C20H23FN2OS/c1-15-4-3-5-16(12-15)13-22(2)14-19(24)23-10-11-25-20(23)17-6-8-18(21)9-7-17/h3-9,12,20H,10-11,13-14H2,1-2H3/t20-/m1/s1. The van der Waals surface area contributed by atoms with Gasteiger partial charge in [-0.05, 0) is 37.2 Å². The molecule has 0 spiro atoms. The van der Waals surface area contributed by atoms with E-state index in [1.807, 2.05) is 22.9 Å². The molecule has 3 rings (SSSR count). The lowest BCUT2D eigenvalue weighted by Crippen LogP contribution is -2.38. The number of hydrogen-bond acceptors (Lipinski definition) is 3. The molecule has 1 aliphatic heterocycles. The number of hydrogen-bond donors (Lipinski definition) is 0. The van der Waals surface area contributed by atoms with Crippen molar-refractivity contribution in [3.05, 3.63) is 71.0 Å². The third kappa shape index (κ3) is 4.61. The predicted octanol–water partition coefficient (Wildman–Crippen LogP) is 3.84. The van der Waals surface area contributed by atoms with E-state index >= 15 is 0 Å². The molecular weight excluding hydrogens is 335 g/mol. The third-order valence-electron chi connectivity index (χ3n) is 4.31. The summed E-state index contributed by atoms with van der Waals surface area (Å²) in [5, 5.41) is -0.0135. The second-order valence-corrected chi connectivity index (χ2v) is 7.71. The van der Waals surface area contributed by atoms with E-state index in [0.717, 1.165) is 24.4 Å². The molecule has 132 valence electrons. The summed E-state index contributed by atoms with van der Waals surface area (Å²) in [4.78, 5) is 16.7. The number of thioether (sulfide) groups is 1. The SMILES string of the molecule is Cc1cccc(CN(C)CC(=O)N2CCS[C@@H]2c2ccc(F)cc2)c1. The Bertz CT molecular complexity index is 735. The molecule has 0 N–H and O–H groups in total. The number of rotatable bonds is 5. The summed E-state index contributed by atoms with van der Waals surface area (Å²) in [6.07, 6.45) is 0. The minimum atomic E-state index is -0.248. The number of halogens is 1. The maximum Gasteiger partial charge on any atom is 0.237 e. The van der Waals surface area contributed by atoms with Crippen LogP contribution in [-0.4, -0.2) is 41.6 Å². The van der Waals surface area contributed by atoms with Gasteiger partial charge in [-0.3, -0.25) is 9.69 Å². The van der Waals surface area contributed by atoms with Crippen LogP contribution < -0.4 is 0 Å². The van der Waals surface area contributed by atoms with Crippen molar-refractivity contribution in [1.82, 2.24) is 9.80 Å². The van der Waals surface area contributed by atoms with Crippen LogP contribution in [-0.2, 0) is 11.3 Å². The maximum atomic E-state index is 13.1. The lowest BCUT2D eigenvalue weighted by Gasteiger charge is -2.26. The van der Waals surface area contributed by atoms with E-state index in [1.165, 1.54) is 23.3 Å². The van der Waals surface area contributed by atoms with E-state index in [4.69, 9.17) is 0 Å². The average molecular weight is 358 g/mol. The molecule has 1 amide bonds. The van der Waals surface area contributed by atoms with Gasteiger partial charge in [0.05, 0.1) is 6.54 Å². The fraction of sp³-hybridized carbons (Fsp3) is 0.350. The molecule has 3 nitrogen and oxygen atoms in total. The smallest absolute Gasteiger partial charge is 0.237 e. The van der Waals surface area contributed by atoms with Gasteiger partial charge in [0.1, 0.15) is 11.2 Å². The number of nitrogens with zero attached hydrogens (tertiary/aromatic N) is 2. The minimum Gasteiger partial charge on any atom is -0.325 e. The Morgan fingerprint density at radius 3 is 2.76 bits per heavy atom. The Kier molecular flexibility index (Phi) is 5.76. The molecule has 1 heterocycles. The van der Waals surface area contributed by atoms with Gasteiger partial charge in [0, 0.05) is 18.8 Å². The van der Waals surface area contributed by atoms with E-state index in [1.54, 1.807) is 23.9 Å². The molecular formula is C20H23FN2OS. The van der Waals surface area contributed by atoms with Gasteiger partial charge in [-0.15, -0.1) is 11.8 Å². The quantitative estimate of drug-likeness (QED) is 0.811. The summed E-state index contributed by atoms with van der Waals surface area (Å²) in [6.45, 7) is 3.94. The Labute approximate surface area is 152 Å². The fourth-order valence-electron chi connectivity index (χ4n) is 3.13. The van der Waals surface area contributed by atoms with Crippen LogP contribution in [0.2, 0.25) is 0 Å². The molecule has 1 saturated heterocycles. The number of benzene rings is 2. The summed E-state index contributed by atoms with van der Waals surface area (Å²) in [6, 6.07) is 14.8. The lowest BCUT2D eigenvalue weighted by molar-refractivity contribution is -0.132. The van der Waals surface area contributed by atoms with Crippen LogP contribution in [0.1, 0.15) is 22.1 Å². The summed E-state index contributed by atoms with van der Waals surface area (Å²) in [5.41, 5.74) is 3.42. The molecule has 1 atom stereocenters. The van der Waals surface area contributed by atoms with E-state index < -0.39 is 0 Å². The zero-order valence-corrected chi connectivity index (χ0v) is 15.4. The molecule has 1 fully saturated rings. The molecule has 0 unspecified atom stereocenters. The largest absolute Gasteiger partial charge is 0.325 e. The first-order valence-electron chi connectivity index (χ1n) is 8.43. The van der Waals surface area contributed by atoms with Crippen LogP contribution >= 0.6 is 11.8 Å². The van der Waals surface area contributed by atoms with Crippen LogP contribution in [0.25, 0.3) is 0 Å². The Hall–Kier alpha value is -1.85. The molecule has 0 radical (unpaired) electrons. The second-order valence-electron chi connectivity index (χ2n) is 6.52. The van der Waals surface area contributed by atoms with E-state index in [0.29, 0.717) is 6.54 Å². The number of likely N-dealkylation sites (N-methyl/N-ethyl adjacent to an activating group) is 1. The topological polar surface area (TPSA) is 23.6 Å². The molecule has 5 heteroatoms. The highest BCUT2D eigenvalue weighted by atomic mass is 32.2. The fourth-order valence-corrected chi connectivity index (χ4v) is 4.41. The minimum absolute atomic E-state index is 0.0135. The van der Waals surface area contributed by atoms with E-state index in [2.05, 4.69) is 25.1 Å². The average Bonchev–Trinajstić information content (AvgIpc) is 3.05. The van der Waals surface area contributed by atoms with Crippen molar-refractivity contribution in [2.24, 2.45) is 0 Å². The Morgan fingerprint density at radius 2 is 2.04 bits per heavy atom. The molecule has 25 heavy (non-hydrogen) atoms. The Morgan fingerprint density at radius 1 is 1.28 bits per heavy atom. The van der Waals surface area contributed by atoms with E-state index in [9.17, 15) is 9.18 Å². The molecule has 0 aromatic heterocycles. The van der Waals surface area contributed by atoms with Crippen molar-refractivity contribution < 1.29 is 9.18 Å². The predicted molar refractivity (Wildman–Crippen MR) is 101 cm³/mol. The highest BCUT2D eigenvalue weighted by Gasteiger charge is 2.30. The van der Waals surface area contributed by atoms with Gasteiger partial charge < -0.3 is 4.90 Å². The van der Waals surface area contributed by atoms with Gasteiger partial charge in [0.25, 0.3) is 0 Å². The zero-order chi connectivity index (χ0) is 17.8. The van der Waals surface area contributed by atoms with Crippen molar-refractivity contribution in [2.75, 3.05) is 25.9 Å². The number of amides is 1. The van der Waals surface area contributed by atoms with Crippen molar-refractivity contribution in [2.45, 2.75) is 18.8 Å². The van der Waals surface area contributed by atoms with Crippen LogP contribution in [0.5, 0.6) is 0 Å². The summed E-state index contributed by atoms with van der Waals surface area (Å²) in [7, 11) is 1.97. The molecule has 0 saturated carbocycles. The zero-order valence-electron chi connectivity index (χ0n) is 14.6. The van der Waals surface area contributed by atoms with Crippen molar-refractivity contribution >= 4 is 17.7 Å². The molecule has 0 aliphatic carbocycles. The van der Waals surface area contributed by atoms with Crippen LogP contribution in [0, 0.1) is 12.7 Å². The van der Waals surface area contributed by atoms with Gasteiger partial charge in [0.2, 0.25) is 5.91 Å². The van der Waals surface area contributed by atoms with Crippen molar-refractivity contribution in [3.8, 4) is 0 Å². The Balaban J connectivity index is 1.62. The van der Waals surface area contributed by atoms with Crippen molar-refractivity contribution in [1.29, 1.82) is 0 Å². The molecule has 2 aromatic carbocycles. The monoisotopic (exact) mass is 358 g/mol. The van der Waals surface area contributed by atoms with Gasteiger partial charge in [-0.25, -0.2) is 4.39 Å². The third-order valence-corrected chi connectivity index (χ3v) is 5.57. The molecule has 1 aliphatic rings. The van der Waals surface area contributed by atoms with Crippen molar-refractivity contribution in [3.63, 3.8) is 0 Å². The first-order chi connectivity index (χ1) is 12.0. The normalized spacial score (nSPS) is 17.3. The highest BCUT2D eigenvalue weighted by Crippen LogP contribution is 2.37. The first-order valence-corrected chi connectivity index (χ1v) is 9.48. The molecule has 0 bridgehead atoms. The second kappa shape index (κ2) is 8.02. The number of carbonyl (C=O) groups excluding carboxylic acids is 1. The maximum absolute atomic E-state index is 13.1. The summed E-state index contributed by atoms with van der Waals surface area (Å²) in [5.74, 6) is 0.784. The highest BCUT2D eigenvalue weighted by molar-refractivity contribution is 7.99. The lowest BCUT2D eigenvalue weighted by atomic mass is 10.1. The number of carbonyl (C=O) groups is 1. The summed E-state index contributed by atoms with van der Waals surface area (Å²) < 4.78 is 13.1. The van der Waals surface area contributed by atoms with Gasteiger partial charge in [-0.2, -0.15) is 0 Å². The number of aryl methyl sites for hydroxylation is 1. The molecule has 2 aromatic rings. The van der Waals surface area contributed by atoms with Gasteiger partial charge in [0.15, 0.2) is 0 Å². The van der Waals surface area contributed by atoms with E-state index in [-0.39, 0.29) is 17.1 Å². The van der Waals surface area contributed by atoms with Gasteiger partial charge in [-0.1, -0.05) is 42.0 Å². The van der Waals surface area contributed by atoms with Crippen LogP contribution in [0.3, 0.4) is 0 Å². The van der Waals surface area contributed by atoms with Crippen LogP contribution in [0.4, 0.5) is 4.39 Å².